The molecule has 0 bridgehead atoms. The summed E-state index contributed by atoms with van der Waals surface area (Å²) in [6.45, 7) is 3.47. The van der Waals surface area contributed by atoms with Gasteiger partial charge in [-0.15, -0.1) is 12.4 Å². The van der Waals surface area contributed by atoms with Crippen LogP contribution in [-0.2, 0) is 6.54 Å². The Morgan fingerprint density at radius 2 is 2.07 bits per heavy atom. The SMILES string of the molecule is Cl.O=C(c1nn(Cc2ccccc2)c2ncccc12)N1CC2CNCC2(CO)C1. The lowest BCUT2D eigenvalue weighted by Gasteiger charge is -2.24. The molecule has 4 heterocycles. The third-order valence-corrected chi connectivity index (χ3v) is 6.17. The topological polar surface area (TPSA) is 83.3 Å². The minimum absolute atomic E-state index is 0. The number of halogens is 1. The number of hydrogen-bond acceptors (Lipinski definition) is 5. The van der Waals surface area contributed by atoms with Gasteiger partial charge in [0.1, 0.15) is 0 Å². The largest absolute Gasteiger partial charge is 0.396 e. The minimum atomic E-state index is -0.226. The van der Waals surface area contributed by atoms with Crippen LogP contribution in [0.15, 0.2) is 48.7 Å². The van der Waals surface area contributed by atoms with Crippen LogP contribution in [0.1, 0.15) is 16.1 Å². The van der Waals surface area contributed by atoms with E-state index >= 15 is 0 Å². The van der Waals surface area contributed by atoms with E-state index in [1.807, 2.05) is 47.4 Å². The molecule has 2 unspecified atom stereocenters. The second kappa shape index (κ2) is 7.74. The number of nitrogens with zero attached hydrogens (tertiary/aromatic N) is 4. The predicted molar refractivity (Wildman–Crippen MR) is 112 cm³/mol. The first kappa shape index (κ1) is 19.8. The van der Waals surface area contributed by atoms with Crippen molar-refractivity contribution in [2.75, 3.05) is 32.8 Å². The molecule has 3 aromatic rings. The molecule has 0 radical (unpaired) electrons. The third-order valence-electron chi connectivity index (χ3n) is 6.17. The molecular weight excluding hydrogens is 390 g/mol. The molecule has 0 saturated carbocycles. The molecule has 152 valence electrons. The standard InChI is InChI=1S/C21H23N5O2.ClH/c27-14-21-12-22-9-16(21)11-25(13-21)20(28)18-17-7-4-8-23-19(17)26(24-18)10-15-5-2-1-3-6-15;/h1-8,16,22,27H,9-14H2;1H. The van der Waals surface area contributed by atoms with Gasteiger partial charge in [0, 0.05) is 37.8 Å². The Morgan fingerprint density at radius 1 is 1.24 bits per heavy atom. The maximum Gasteiger partial charge on any atom is 0.275 e. The summed E-state index contributed by atoms with van der Waals surface area (Å²) in [4.78, 5) is 19.7. The summed E-state index contributed by atoms with van der Waals surface area (Å²) in [5.74, 6) is 0.212. The van der Waals surface area contributed by atoms with Crippen LogP contribution in [0.5, 0.6) is 0 Å². The zero-order chi connectivity index (χ0) is 19.1. The monoisotopic (exact) mass is 413 g/mol. The molecule has 5 rings (SSSR count). The second-order valence-electron chi connectivity index (χ2n) is 7.90. The number of amides is 1. The third kappa shape index (κ3) is 3.29. The van der Waals surface area contributed by atoms with Crippen molar-refractivity contribution in [2.24, 2.45) is 11.3 Å². The van der Waals surface area contributed by atoms with E-state index in [0.717, 1.165) is 24.0 Å². The Bertz CT molecular complexity index is 1020. The molecule has 8 heteroatoms. The fraction of sp³-hybridized carbons (Fsp3) is 0.381. The van der Waals surface area contributed by atoms with Crippen molar-refractivity contribution in [1.29, 1.82) is 0 Å². The first-order valence-corrected chi connectivity index (χ1v) is 9.66. The van der Waals surface area contributed by atoms with Crippen LogP contribution in [0.3, 0.4) is 0 Å². The molecule has 2 aromatic heterocycles. The van der Waals surface area contributed by atoms with E-state index in [2.05, 4.69) is 15.4 Å². The molecule has 1 amide bonds. The predicted octanol–water partition coefficient (Wildman–Crippen LogP) is 1.56. The fourth-order valence-electron chi connectivity index (χ4n) is 4.58. The number of rotatable bonds is 4. The number of benzene rings is 1. The van der Waals surface area contributed by atoms with Gasteiger partial charge in [0.15, 0.2) is 11.3 Å². The molecule has 2 aliphatic rings. The molecule has 2 aliphatic heterocycles. The van der Waals surface area contributed by atoms with Crippen molar-refractivity contribution in [2.45, 2.75) is 6.54 Å². The summed E-state index contributed by atoms with van der Waals surface area (Å²) in [7, 11) is 0. The van der Waals surface area contributed by atoms with Gasteiger partial charge in [0.05, 0.1) is 18.5 Å². The van der Waals surface area contributed by atoms with E-state index in [1.165, 1.54) is 0 Å². The zero-order valence-electron chi connectivity index (χ0n) is 16.0. The molecule has 2 N–H and O–H groups in total. The Kier molecular flexibility index (Phi) is 5.29. The van der Waals surface area contributed by atoms with Gasteiger partial charge < -0.3 is 15.3 Å². The quantitative estimate of drug-likeness (QED) is 0.678. The van der Waals surface area contributed by atoms with Crippen LogP contribution in [-0.4, -0.2) is 63.5 Å². The Balaban J connectivity index is 0.00000205. The number of aromatic nitrogens is 3. The molecule has 29 heavy (non-hydrogen) atoms. The normalized spacial score (nSPS) is 23.2. The van der Waals surface area contributed by atoms with Crippen molar-refractivity contribution in [3.05, 3.63) is 59.9 Å². The Morgan fingerprint density at radius 3 is 2.83 bits per heavy atom. The van der Waals surface area contributed by atoms with E-state index in [-0.39, 0.29) is 36.3 Å². The molecule has 2 atom stereocenters. The molecule has 2 fully saturated rings. The van der Waals surface area contributed by atoms with E-state index in [0.29, 0.717) is 31.0 Å². The fourth-order valence-corrected chi connectivity index (χ4v) is 4.58. The minimum Gasteiger partial charge on any atom is -0.396 e. The molecule has 2 saturated heterocycles. The van der Waals surface area contributed by atoms with Gasteiger partial charge in [-0.2, -0.15) is 5.10 Å². The van der Waals surface area contributed by atoms with Crippen molar-refractivity contribution >= 4 is 29.3 Å². The summed E-state index contributed by atoms with van der Waals surface area (Å²) in [6.07, 6.45) is 1.73. The highest BCUT2D eigenvalue weighted by atomic mass is 35.5. The maximum atomic E-state index is 13.3. The van der Waals surface area contributed by atoms with E-state index < -0.39 is 0 Å². The zero-order valence-corrected chi connectivity index (χ0v) is 16.8. The number of carbonyl (C=O) groups is 1. The molecule has 1 aromatic carbocycles. The lowest BCUT2D eigenvalue weighted by molar-refractivity contribution is 0.0740. The number of pyridine rings is 1. The number of fused-ring (bicyclic) bond motifs is 2. The van der Waals surface area contributed by atoms with Gasteiger partial charge in [-0.25, -0.2) is 9.67 Å². The van der Waals surface area contributed by atoms with Crippen molar-refractivity contribution in [3.8, 4) is 0 Å². The van der Waals surface area contributed by atoms with Gasteiger partial charge in [-0.3, -0.25) is 4.79 Å². The first-order valence-electron chi connectivity index (χ1n) is 9.66. The van der Waals surface area contributed by atoms with Gasteiger partial charge in [0.25, 0.3) is 5.91 Å². The van der Waals surface area contributed by atoms with Gasteiger partial charge >= 0.3 is 0 Å². The number of nitrogens with one attached hydrogen (secondary N) is 1. The van der Waals surface area contributed by atoms with Crippen LogP contribution < -0.4 is 5.32 Å². The van der Waals surface area contributed by atoms with Crippen LogP contribution in [0.25, 0.3) is 11.0 Å². The first-order chi connectivity index (χ1) is 13.7. The van der Waals surface area contributed by atoms with Gasteiger partial charge in [-0.1, -0.05) is 30.3 Å². The van der Waals surface area contributed by atoms with E-state index in [9.17, 15) is 9.90 Å². The number of hydrogen-bond donors (Lipinski definition) is 2. The smallest absolute Gasteiger partial charge is 0.275 e. The lowest BCUT2D eigenvalue weighted by Crippen LogP contribution is -2.38. The lowest BCUT2D eigenvalue weighted by atomic mass is 9.82. The van der Waals surface area contributed by atoms with Crippen LogP contribution in [0, 0.1) is 11.3 Å². The summed E-state index contributed by atoms with van der Waals surface area (Å²) in [6, 6.07) is 13.8. The van der Waals surface area contributed by atoms with Crippen molar-refractivity contribution < 1.29 is 9.90 Å². The summed E-state index contributed by atoms with van der Waals surface area (Å²) < 4.78 is 1.80. The molecule has 0 spiro atoms. The second-order valence-corrected chi connectivity index (χ2v) is 7.90. The number of carbonyl (C=O) groups excluding carboxylic acids is 1. The van der Waals surface area contributed by atoms with Crippen LogP contribution in [0.4, 0.5) is 0 Å². The summed E-state index contributed by atoms with van der Waals surface area (Å²) in [5.41, 5.74) is 2.04. The molecular formula is C21H24ClN5O2. The van der Waals surface area contributed by atoms with E-state index in [1.54, 1.807) is 10.9 Å². The molecule has 7 nitrogen and oxygen atoms in total. The number of likely N-dealkylation sites (tertiary alicyclic amines) is 1. The number of aliphatic hydroxyl groups excluding tert-OH is 1. The summed E-state index contributed by atoms with van der Waals surface area (Å²) >= 11 is 0. The Labute approximate surface area is 175 Å². The highest BCUT2D eigenvalue weighted by Gasteiger charge is 2.50. The van der Waals surface area contributed by atoms with Gasteiger partial charge in [0.2, 0.25) is 0 Å². The average Bonchev–Trinajstić information content (AvgIpc) is 3.39. The van der Waals surface area contributed by atoms with Crippen molar-refractivity contribution in [3.63, 3.8) is 0 Å². The van der Waals surface area contributed by atoms with Crippen molar-refractivity contribution in [1.82, 2.24) is 25.0 Å². The molecule has 0 aliphatic carbocycles. The van der Waals surface area contributed by atoms with Crippen LogP contribution in [0.2, 0.25) is 0 Å². The van der Waals surface area contributed by atoms with Gasteiger partial charge in [-0.05, 0) is 23.6 Å². The van der Waals surface area contributed by atoms with Crippen LogP contribution >= 0.6 is 12.4 Å². The number of aliphatic hydroxyl groups is 1. The Hall–Kier alpha value is -2.48. The highest BCUT2D eigenvalue weighted by Crippen LogP contribution is 2.39. The highest BCUT2D eigenvalue weighted by molar-refractivity contribution is 6.04. The average molecular weight is 414 g/mol. The van der Waals surface area contributed by atoms with E-state index in [4.69, 9.17) is 0 Å². The maximum absolute atomic E-state index is 13.3. The summed E-state index contributed by atoms with van der Waals surface area (Å²) in [5, 5.41) is 18.7.